The van der Waals surface area contributed by atoms with Crippen molar-refractivity contribution >= 4 is 11.9 Å². The third-order valence-electron chi connectivity index (χ3n) is 16.1. The molecule has 6 nitrogen and oxygen atoms in total. The van der Waals surface area contributed by atoms with Crippen molar-refractivity contribution in [2.75, 3.05) is 13.2 Å². The van der Waals surface area contributed by atoms with Crippen LogP contribution in [-0.4, -0.2) is 47.4 Å². The molecule has 0 aromatic carbocycles. The van der Waals surface area contributed by atoms with E-state index in [0.29, 0.717) is 19.4 Å². The number of aliphatic hydroxyl groups is 2. The van der Waals surface area contributed by atoms with Crippen LogP contribution in [0.2, 0.25) is 0 Å². The lowest BCUT2D eigenvalue weighted by Crippen LogP contribution is -2.45. The number of aliphatic hydroxyl groups excluding tert-OH is 2. The SMILES string of the molecule is CCCC/C=C\CCCCCCCC(=O)OCCCCCCCCCCCCCC/C=C\CCCCCCCCCCCCCCCC(=O)NC(CO)C(O)/C=C/CCCCCCCCCCCCCCCCCCCC. The summed E-state index contributed by atoms with van der Waals surface area (Å²) in [6.07, 6.45) is 85.1. The van der Waals surface area contributed by atoms with Gasteiger partial charge in [0, 0.05) is 12.8 Å². The summed E-state index contributed by atoms with van der Waals surface area (Å²) in [5.74, 6) is -0.0586. The quantitative estimate of drug-likeness (QED) is 0.0320. The molecule has 0 aromatic heterocycles. The largest absolute Gasteiger partial charge is 0.466 e. The van der Waals surface area contributed by atoms with Gasteiger partial charge in [0.05, 0.1) is 25.4 Å². The zero-order chi connectivity index (χ0) is 55.7. The molecular weight excluding hydrogens is 947 g/mol. The van der Waals surface area contributed by atoms with Crippen LogP contribution in [0.3, 0.4) is 0 Å². The van der Waals surface area contributed by atoms with Gasteiger partial charge in [-0.25, -0.2) is 0 Å². The summed E-state index contributed by atoms with van der Waals surface area (Å²) < 4.78 is 5.46. The van der Waals surface area contributed by atoms with Crippen LogP contribution in [0.4, 0.5) is 0 Å². The molecule has 0 heterocycles. The highest BCUT2D eigenvalue weighted by molar-refractivity contribution is 5.76. The van der Waals surface area contributed by atoms with Gasteiger partial charge in [-0.2, -0.15) is 0 Å². The summed E-state index contributed by atoms with van der Waals surface area (Å²) in [5, 5.41) is 23.2. The van der Waals surface area contributed by atoms with Gasteiger partial charge in [-0.05, 0) is 77.0 Å². The molecule has 0 radical (unpaired) electrons. The number of carbonyl (C=O) groups is 2. The maximum absolute atomic E-state index is 12.5. The number of allylic oxidation sites excluding steroid dienone is 5. The summed E-state index contributed by atoms with van der Waals surface area (Å²) in [7, 11) is 0. The van der Waals surface area contributed by atoms with Crippen LogP contribution in [0.1, 0.15) is 380 Å². The summed E-state index contributed by atoms with van der Waals surface area (Å²) in [6.45, 7) is 4.90. The van der Waals surface area contributed by atoms with Crippen LogP contribution in [0.15, 0.2) is 36.5 Å². The Morgan fingerprint density at radius 3 is 0.961 bits per heavy atom. The number of rotatable bonds is 65. The lowest BCUT2D eigenvalue weighted by atomic mass is 10.0. The zero-order valence-corrected chi connectivity index (χ0v) is 52.0. The molecule has 0 aliphatic heterocycles. The average molecular weight is 1080 g/mol. The fourth-order valence-electron chi connectivity index (χ4n) is 10.8. The number of amides is 1. The molecule has 0 aromatic rings. The molecule has 77 heavy (non-hydrogen) atoms. The number of hydrogen-bond donors (Lipinski definition) is 3. The van der Waals surface area contributed by atoms with Crippen molar-refractivity contribution in [3.8, 4) is 0 Å². The smallest absolute Gasteiger partial charge is 0.305 e. The van der Waals surface area contributed by atoms with Gasteiger partial charge in [0.1, 0.15) is 0 Å². The van der Waals surface area contributed by atoms with Gasteiger partial charge in [-0.3, -0.25) is 9.59 Å². The van der Waals surface area contributed by atoms with E-state index in [1.54, 1.807) is 6.08 Å². The second kappa shape index (κ2) is 66.6. The predicted molar refractivity (Wildman–Crippen MR) is 338 cm³/mol. The minimum atomic E-state index is -0.845. The molecule has 454 valence electrons. The topological polar surface area (TPSA) is 95.9 Å². The van der Waals surface area contributed by atoms with Crippen LogP contribution >= 0.6 is 0 Å². The molecule has 2 unspecified atom stereocenters. The number of unbranched alkanes of at least 4 members (excludes halogenated alkanes) is 50. The minimum Gasteiger partial charge on any atom is -0.466 e. The lowest BCUT2D eigenvalue weighted by Gasteiger charge is -2.20. The van der Waals surface area contributed by atoms with Crippen molar-refractivity contribution in [2.45, 2.75) is 392 Å². The second-order valence-electron chi connectivity index (χ2n) is 23.9. The van der Waals surface area contributed by atoms with Crippen molar-refractivity contribution in [1.29, 1.82) is 0 Å². The fourth-order valence-corrected chi connectivity index (χ4v) is 10.8. The van der Waals surface area contributed by atoms with Gasteiger partial charge < -0.3 is 20.3 Å². The zero-order valence-electron chi connectivity index (χ0n) is 52.0. The van der Waals surface area contributed by atoms with Crippen molar-refractivity contribution in [2.24, 2.45) is 0 Å². The number of ether oxygens (including phenoxy) is 1. The van der Waals surface area contributed by atoms with E-state index in [0.717, 1.165) is 44.9 Å². The molecule has 6 heteroatoms. The molecular formula is C71H135NO5. The molecule has 3 N–H and O–H groups in total. The van der Waals surface area contributed by atoms with E-state index in [1.165, 1.54) is 308 Å². The highest BCUT2D eigenvalue weighted by Crippen LogP contribution is 2.18. The Morgan fingerprint density at radius 1 is 0.351 bits per heavy atom. The Kier molecular flexibility index (Phi) is 64.9. The average Bonchev–Trinajstić information content (AvgIpc) is 3.43. The van der Waals surface area contributed by atoms with E-state index < -0.39 is 12.1 Å². The van der Waals surface area contributed by atoms with Gasteiger partial charge in [0.15, 0.2) is 0 Å². The number of esters is 1. The van der Waals surface area contributed by atoms with E-state index in [2.05, 4.69) is 43.5 Å². The number of nitrogens with one attached hydrogen (secondary N) is 1. The first kappa shape index (κ1) is 75.1. The first-order valence-corrected chi connectivity index (χ1v) is 34.8. The summed E-state index contributed by atoms with van der Waals surface area (Å²) >= 11 is 0. The van der Waals surface area contributed by atoms with Gasteiger partial charge in [0.2, 0.25) is 5.91 Å². The van der Waals surface area contributed by atoms with E-state index >= 15 is 0 Å². The van der Waals surface area contributed by atoms with Crippen LogP contribution < -0.4 is 5.32 Å². The molecule has 0 saturated carbocycles. The third kappa shape index (κ3) is 63.1. The van der Waals surface area contributed by atoms with E-state index in [-0.39, 0.29) is 18.5 Å². The first-order chi connectivity index (χ1) is 38.0. The monoisotopic (exact) mass is 1080 g/mol. The number of hydrogen-bond acceptors (Lipinski definition) is 5. The molecule has 0 rings (SSSR count). The predicted octanol–water partition coefficient (Wildman–Crippen LogP) is 22.3. The molecule has 0 aliphatic carbocycles. The van der Waals surface area contributed by atoms with Crippen LogP contribution in [-0.2, 0) is 14.3 Å². The molecule has 0 saturated heterocycles. The molecule has 2 atom stereocenters. The normalized spacial score (nSPS) is 12.7. The Hall–Kier alpha value is -1.92. The van der Waals surface area contributed by atoms with Crippen LogP contribution in [0, 0.1) is 0 Å². The van der Waals surface area contributed by atoms with Crippen molar-refractivity contribution < 1.29 is 24.5 Å². The maximum atomic E-state index is 12.5. The summed E-state index contributed by atoms with van der Waals surface area (Å²) in [5.41, 5.74) is 0. The highest BCUT2D eigenvalue weighted by Gasteiger charge is 2.18. The number of carbonyl (C=O) groups excluding carboxylic acids is 2. The van der Waals surface area contributed by atoms with Crippen molar-refractivity contribution in [3.63, 3.8) is 0 Å². The summed E-state index contributed by atoms with van der Waals surface area (Å²) in [4.78, 5) is 24.5. The van der Waals surface area contributed by atoms with E-state index in [9.17, 15) is 19.8 Å². The minimum absolute atomic E-state index is 0.00526. The first-order valence-electron chi connectivity index (χ1n) is 34.8. The second-order valence-corrected chi connectivity index (χ2v) is 23.9. The molecule has 0 spiro atoms. The highest BCUT2D eigenvalue weighted by atomic mass is 16.5. The van der Waals surface area contributed by atoms with Gasteiger partial charge in [-0.15, -0.1) is 0 Å². The molecule has 1 amide bonds. The standard InChI is InChI=1S/C71H135NO5/c1-3-5-7-9-11-13-15-16-17-18-19-31-34-37-40-44-47-51-55-59-63-69(74)68(67-73)72-70(75)64-60-56-52-48-45-41-38-35-32-29-27-25-23-21-20-22-24-26-28-30-33-36-39-42-46-50-54-58-62-66-77-71(76)65-61-57-53-49-43-14-12-10-8-6-4-2/h10,12,20,22,59,63,68-69,73-74H,3-9,11,13-19,21,23-58,60-62,64-67H2,1-2H3,(H,72,75)/b12-10-,22-20-,63-59+. The van der Waals surface area contributed by atoms with Gasteiger partial charge in [0.25, 0.3) is 0 Å². The Labute approximate surface area is 481 Å². The van der Waals surface area contributed by atoms with Crippen LogP contribution in [0.5, 0.6) is 0 Å². The Bertz CT molecular complexity index is 1250. The lowest BCUT2D eigenvalue weighted by molar-refractivity contribution is -0.143. The van der Waals surface area contributed by atoms with Crippen LogP contribution in [0.25, 0.3) is 0 Å². The van der Waals surface area contributed by atoms with Gasteiger partial charge in [-0.1, -0.05) is 326 Å². The maximum Gasteiger partial charge on any atom is 0.305 e. The molecule has 0 fully saturated rings. The fraction of sp³-hybridized carbons (Fsp3) is 0.887. The Morgan fingerprint density at radius 2 is 0.623 bits per heavy atom. The van der Waals surface area contributed by atoms with E-state index in [1.807, 2.05) is 6.08 Å². The van der Waals surface area contributed by atoms with Gasteiger partial charge >= 0.3 is 5.97 Å². The third-order valence-corrected chi connectivity index (χ3v) is 16.1. The van der Waals surface area contributed by atoms with Crippen molar-refractivity contribution in [3.05, 3.63) is 36.5 Å². The van der Waals surface area contributed by atoms with Crippen molar-refractivity contribution in [1.82, 2.24) is 5.32 Å². The summed E-state index contributed by atoms with van der Waals surface area (Å²) in [6, 6.07) is -0.628. The molecule has 0 aliphatic rings. The Balaban J connectivity index is 3.41. The molecule has 0 bridgehead atoms. The van der Waals surface area contributed by atoms with E-state index in [4.69, 9.17) is 4.74 Å².